The van der Waals surface area contributed by atoms with E-state index in [9.17, 15) is 4.79 Å². The van der Waals surface area contributed by atoms with Crippen molar-refractivity contribution >= 4 is 5.91 Å². The standard InChI is InChI=1S/C11H20N4O2/c1-12-11(16)8-13-4-6-17-5-2-3-10-7-14-9-15-10/h7,9,13H,2-6,8H2,1H3,(H,12,16)(H,14,15). The molecule has 96 valence electrons. The molecule has 0 bridgehead atoms. The molecule has 6 heteroatoms. The predicted molar refractivity (Wildman–Crippen MR) is 64.7 cm³/mol. The van der Waals surface area contributed by atoms with E-state index in [2.05, 4.69) is 20.6 Å². The third-order valence-corrected chi connectivity index (χ3v) is 2.28. The summed E-state index contributed by atoms with van der Waals surface area (Å²) in [5.41, 5.74) is 1.13. The number of nitrogens with zero attached hydrogens (tertiary/aromatic N) is 1. The van der Waals surface area contributed by atoms with Gasteiger partial charge < -0.3 is 20.4 Å². The third kappa shape index (κ3) is 6.70. The first-order valence-electron chi connectivity index (χ1n) is 5.79. The van der Waals surface area contributed by atoms with Crippen LogP contribution in [0.5, 0.6) is 0 Å². The van der Waals surface area contributed by atoms with Crippen LogP contribution in [0.15, 0.2) is 12.5 Å². The number of ether oxygens (including phenoxy) is 1. The van der Waals surface area contributed by atoms with Crippen molar-refractivity contribution < 1.29 is 9.53 Å². The molecule has 0 saturated heterocycles. The van der Waals surface area contributed by atoms with Crippen LogP contribution in [0.25, 0.3) is 0 Å². The van der Waals surface area contributed by atoms with Gasteiger partial charge in [-0.3, -0.25) is 4.79 Å². The largest absolute Gasteiger partial charge is 0.380 e. The normalized spacial score (nSPS) is 10.4. The lowest BCUT2D eigenvalue weighted by molar-refractivity contribution is -0.119. The Morgan fingerprint density at radius 3 is 3.12 bits per heavy atom. The number of aryl methyl sites for hydroxylation is 1. The molecule has 0 fully saturated rings. The summed E-state index contributed by atoms with van der Waals surface area (Å²) >= 11 is 0. The molecule has 0 unspecified atom stereocenters. The quantitative estimate of drug-likeness (QED) is 0.518. The van der Waals surface area contributed by atoms with Gasteiger partial charge in [-0.15, -0.1) is 0 Å². The van der Waals surface area contributed by atoms with Gasteiger partial charge in [-0.2, -0.15) is 0 Å². The van der Waals surface area contributed by atoms with E-state index in [0.717, 1.165) is 25.1 Å². The van der Waals surface area contributed by atoms with Gasteiger partial charge in [0.05, 0.1) is 19.5 Å². The lowest BCUT2D eigenvalue weighted by Gasteiger charge is -2.05. The number of hydrogen-bond acceptors (Lipinski definition) is 4. The van der Waals surface area contributed by atoms with E-state index >= 15 is 0 Å². The van der Waals surface area contributed by atoms with E-state index in [4.69, 9.17) is 4.74 Å². The Hall–Kier alpha value is -1.40. The summed E-state index contributed by atoms with van der Waals surface area (Å²) in [6, 6.07) is 0. The SMILES string of the molecule is CNC(=O)CNCCOCCCc1cnc[nH]1. The molecule has 0 aliphatic carbocycles. The van der Waals surface area contributed by atoms with Crippen LogP contribution in [0.3, 0.4) is 0 Å². The number of carbonyl (C=O) groups excluding carboxylic acids is 1. The number of imidazole rings is 1. The molecule has 1 amide bonds. The molecule has 3 N–H and O–H groups in total. The van der Waals surface area contributed by atoms with Crippen molar-refractivity contribution in [1.82, 2.24) is 20.6 Å². The molecular formula is C11H20N4O2. The minimum absolute atomic E-state index is 0.00996. The Bertz CT molecular complexity index is 300. The number of rotatable bonds is 9. The number of likely N-dealkylation sites (N-methyl/N-ethyl adjacent to an activating group) is 1. The maximum absolute atomic E-state index is 10.9. The second-order valence-corrected chi connectivity index (χ2v) is 3.64. The zero-order valence-electron chi connectivity index (χ0n) is 10.2. The van der Waals surface area contributed by atoms with Gasteiger partial charge in [-0.1, -0.05) is 0 Å². The summed E-state index contributed by atoms with van der Waals surface area (Å²) < 4.78 is 5.42. The fourth-order valence-electron chi connectivity index (χ4n) is 1.32. The van der Waals surface area contributed by atoms with Crippen LogP contribution in [0.4, 0.5) is 0 Å². The molecule has 1 aromatic rings. The average molecular weight is 240 g/mol. The van der Waals surface area contributed by atoms with Gasteiger partial charge in [0.1, 0.15) is 0 Å². The first-order valence-corrected chi connectivity index (χ1v) is 5.79. The highest BCUT2D eigenvalue weighted by atomic mass is 16.5. The first-order chi connectivity index (χ1) is 8.33. The van der Waals surface area contributed by atoms with Crippen LogP contribution in [-0.2, 0) is 16.0 Å². The molecule has 0 spiro atoms. The smallest absolute Gasteiger partial charge is 0.233 e. The molecule has 0 radical (unpaired) electrons. The number of nitrogens with one attached hydrogen (secondary N) is 3. The monoisotopic (exact) mass is 240 g/mol. The minimum atomic E-state index is -0.00996. The fraction of sp³-hybridized carbons (Fsp3) is 0.636. The summed E-state index contributed by atoms with van der Waals surface area (Å²) in [5.74, 6) is -0.00996. The number of hydrogen-bond donors (Lipinski definition) is 3. The van der Waals surface area contributed by atoms with Crippen molar-refractivity contribution in [1.29, 1.82) is 0 Å². The fourth-order valence-corrected chi connectivity index (χ4v) is 1.32. The van der Waals surface area contributed by atoms with E-state index < -0.39 is 0 Å². The van der Waals surface area contributed by atoms with E-state index in [1.165, 1.54) is 0 Å². The molecular weight excluding hydrogens is 220 g/mol. The highest BCUT2D eigenvalue weighted by molar-refractivity contribution is 5.77. The third-order valence-electron chi connectivity index (χ3n) is 2.28. The molecule has 0 aliphatic heterocycles. The van der Waals surface area contributed by atoms with Crippen LogP contribution in [-0.4, -0.2) is 49.2 Å². The predicted octanol–water partition coefficient (Wildman–Crippen LogP) is -0.305. The number of amides is 1. The Balaban J connectivity index is 1.83. The minimum Gasteiger partial charge on any atom is -0.380 e. The lowest BCUT2D eigenvalue weighted by atomic mass is 10.3. The summed E-state index contributed by atoms with van der Waals surface area (Å²) in [5, 5.41) is 5.53. The average Bonchev–Trinajstić information content (AvgIpc) is 2.85. The van der Waals surface area contributed by atoms with Gasteiger partial charge in [-0.25, -0.2) is 4.98 Å². The molecule has 1 aromatic heterocycles. The highest BCUT2D eigenvalue weighted by Crippen LogP contribution is 1.96. The Morgan fingerprint density at radius 1 is 1.53 bits per heavy atom. The van der Waals surface area contributed by atoms with Crippen molar-refractivity contribution in [2.75, 3.05) is 33.4 Å². The van der Waals surface area contributed by atoms with Gasteiger partial charge in [0, 0.05) is 32.1 Å². The summed E-state index contributed by atoms with van der Waals surface area (Å²) in [6.45, 7) is 2.38. The zero-order chi connectivity index (χ0) is 12.3. The Morgan fingerprint density at radius 2 is 2.41 bits per heavy atom. The summed E-state index contributed by atoms with van der Waals surface area (Å²) in [7, 11) is 1.62. The van der Waals surface area contributed by atoms with E-state index in [-0.39, 0.29) is 5.91 Å². The lowest BCUT2D eigenvalue weighted by Crippen LogP contribution is -2.33. The van der Waals surface area contributed by atoms with Crippen LogP contribution in [0, 0.1) is 0 Å². The number of carbonyl (C=O) groups is 1. The van der Waals surface area contributed by atoms with Crippen molar-refractivity contribution in [3.05, 3.63) is 18.2 Å². The summed E-state index contributed by atoms with van der Waals surface area (Å²) in [6.07, 6.45) is 5.42. The molecule has 0 aliphatic rings. The van der Waals surface area contributed by atoms with Gasteiger partial charge in [-0.05, 0) is 12.8 Å². The Labute approximate surface area is 101 Å². The Kier molecular flexibility index (Phi) is 7.01. The topological polar surface area (TPSA) is 79.0 Å². The molecule has 17 heavy (non-hydrogen) atoms. The van der Waals surface area contributed by atoms with E-state index in [1.807, 2.05) is 6.20 Å². The maximum Gasteiger partial charge on any atom is 0.233 e. The van der Waals surface area contributed by atoms with Gasteiger partial charge in [0.2, 0.25) is 5.91 Å². The van der Waals surface area contributed by atoms with Crippen LogP contribution >= 0.6 is 0 Å². The van der Waals surface area contributed by atoms with Crippen molar-refractivity contribution in [2.24, 2.45) is 0 Å². The molecule has 1 heterocycles. The van der Waals surface area contributed by atoms with Crippen molar-refractivity contribution in [2.45, 2.75) is 12.8 Å². The molecule has 0 saturated carbocycles. The highest BCUT2D eigenvalue weighted by Gasteiger charge is 1.96. The molecule has 6 nitrogen and oxygen atoms in total. The zero-order valence-corrected chi connectivity index (χ0v) is 10.2. The van der Waals surface area contributed by atoms with Gasteiger partial charge in [0.15, 0.2) is 0 Å². The molecule has 0 aromatic carbocycles. The summed E-state index contributed by atoms with van der Waals surface area (Å²) in [4.78, 5) is 17.8. The van der Waals surface area contributed by atoms with E-state index in [0.29, 0.717) is 19.7 Å². The number of aromatic amines is 1. The van der Waals surface area contributed by atoms with Crippen molar-refractivity contribution in [3.8, 4) is 0 Å². The van der Waals surface area contributed by atoms with Gasteiger partial charge >= 0.3 is 0 Å². The van der Waals surface area contributed by atoms with Gasteiger partial charge in [0.25, 0.3) is 0 Å². The second-order valence-electron chi connectivity index (χ2n) is 3.64. The van der Waals surface area contributed by atoms with Crippen LogP contribution < -0.4 is 10.6 Å². The van der Waals surface area contributed by atoms with Crippen LogP contribution in [0.2, 0.25) is 0 Å². The van der Waals surface area contributed by atoms with Crippen LogP contribution in [0.1, 0.15) is 12.1 Å². The first kappa shape index (κ1) is 13.7. The number of H-pyrrole nitrogens is 1. The second kappa shape index (κ2) is 8.72. The maximum atomic E-state index is 10.9. The number of aromatic nitrogens is 2. The molecule has 1 rings (SSSR count). The van der Waals surface area contributed by atoms with E-state index in [1.54, 1.807) is 13.4 Å². The molecule has 0 atom stereocenters. The van der Waals surface area contributed by atoms with Crippen molar-refractivity contribution in [3.63, 3.8) is 0 Å².